The largest absolute Gasteiger partial charge is 0.310 e. The number of anilines is 3. The third-order valence-corrected chi connectivity index (χ3v) is 16.5. The van der Waals surface area contributed by atoms with Gasteiger partial charge in [-0.2, -0.15) is 0 Å². The number of benzene rings is 9. The van der Waals surface area contributed by atoms with Gasteiger partial charge in [0.05, 0.1) is 5.41 Å². The van der Waals surface area contributed by atoms with Crippen molar-refractivity contribution in [3.8, 4) is 55.6 Å². The van der Waals surface area contributed by atoms with Gasteiger partial charge in [-0.1, -0.05) is 198 Å². The zero-order valence-electron chi connectivity index (χ0n) is 39.1. The molecule has 68 heavy (non-hydrogen) atoms. The van der Waals surface area contributed by atoms with E-state index in [0.717, 1.165) is 29.9 Å². The second-order valence-electron chi connectivity index (χ2n) is 20.7. The van der Waals surface area contributed by atoms with Gasteiger partial charge < -0.3 is 4.90 Å². The molecule has 1 heteroatoms. The van der Waals surface area contributed by atoms with Crippen LogP contribution in [-0.2, 0) is 16.2 Å². The minimum atomic E-state index is -0.417. The molecule has 0 N–H and O–H groups in total. The molecule has 5 aliphatic carbocycles. The summed E-state index contributed by atoms with van der Waals surface area (Å²) in [5, 5.41) is 0. The first-order chi connectivity index (χ1) is 33.2. The molecule has 0 atom stereocenters. The maximum absolute atomic E-state index is 2.56. The summed E-state index contributed by atoms with van der Waals surface area (Å²) in [6.07, 6.45) is 9.22. The van der Waals surface area contributed by atoms with Crippen LogP contribution >= 0.6 is 0 Å². The molecule has 0 fully saturated rings. The third kappa shape index (κ3) is 5.22. The first kappa shape index (κ1) is 39.4. The summed E-state index contributed by atoms with van der Waals surface area (Å²) in [6.45, 7) is 9.57. The fourth-order valence-electron chi connectivity index (χ4n) is 13.4. The third-order valence-electron chi connectivity index (χ3n) is 16.5. The first-order valence-corrected chi connectivity index (χ1v) is 24.5. The van der Waals surface area contributed by atoms with E-state index in [9.17, 15) is 0 Å². The van der Waals surface area contributed by atoms with E-state index >= 15 is 0 Å². The number of nitrogens with zero attached hydrogens (tertiary/aromatic N) is 1. The van der Waals surface area contributed by atoms with E-state index in [-0.39, 0.29) is 10.8 Å². The highest BCUT2D eigenvalue weighted by atomic mass is 15.1. The van der Waals surface area contributed by atoms with E-state index in [1.165, 1.54) is 111 Å². The molecule has 9 aromatic carbocycles. The molecule has 0 unspecified atom stereocenters. The Bertz CT molecular complexity index is 3550. The first-order valence-electron chi connectivity index (χ1n) is 24.5. The van der Waals surface area contributed by atoms with E-state index in [1.54, 1.807) is 0 Å². The molecule has 0 saturated carbocycles. The molecule has 1 nitrogen and oxygen atoms in total. The lowest BCUT2D eigenvalue weighted by Gasteiger charge is -2.31. The fraction of sp³-hybridized carbons (Fsp3) is 0.134. The highest BCUT2D eigenvalue weighted by Crippen LogP contribution is 2.64. The smallest absolute Gasteiger partial charge is 0.0725 e. The number of hydrogen-bond donors (Lipinski definition) is 0. The molecule has 0 amide bonds. The van der Waals surface area contributed by atoms with Crippen molar-refractivity contribution in [2.24, 2.45) is 0 Å². The lowest BCUT2D eigenvalue weighted by Crippen LogP contribution is -2.25. The summed E-state index contributed by atoms with van der Waals surface area (Å²) < 4.78 is 0. The van der Waals surface area contributed by atoms with Crippen molar-refractivity contribution in [3.63, 3.8) is 0 Å². The van der Waals surface area contributed by atoms with Crippen molar-refractivity contribution >= 4 is 22.6 Å². The van der Waals surface area contributed by atoms with Crippen LogP contribution in [0.4, 0.5) is 17.1 Å². The molecule has 14 rings (SSSR count). The van der Waals surface area contributed by atoms with Gasteiger partial charge >= 0.3 is 0 Å². The Labute approximate surface area is 400 Å². The molecule has 0 radical (unpaired) electrons. The number of allylic oxidation sites excluding steroid dienone is 4. The molecule has 5 aliphatic rings. The second-order valence-corrected chi connectivity index (χ2v) is 20.7. The Kier molecular flexibility index (Phi) is 8.20. The van der Waals surface area contributed by atoms with Crippen molar-refractivity contribution in [2.45, 2.75) is 56.8 Å². The molecule has 0 aromatic heterocycles. The van der Waals surface area contributed by atoms with E-state index < -0.39 is 5.41 Å². The quantitative estimate of drug-likeness (QED) is 0.167. The highest BCUT2D eigenvalue weighted by Gasteiger charge is 2.52. The topological polar surface area (TPSA) is 3.24 Å². The SMILES string of the molecule is CC1(C)c2ccccc2-c2ccc(N(c3cc(C4=CCCC=C4)cc(-c4cccc5c4-c4ccccc4C54c5ccccc5-c5ccccc54)c3)c3ccc4c(c3)C(C)(C)c3ccccc3-4)cc21. The normalized spacial score (nSPS) is 16.2. The zero-order valence-corrected chi connectivity index (χ0v) is 39.1. The molecule has 9 aromatic rings. The van der Waals surface area contributed by atoms with Gasteiger partial charge in [0.2, 0.25) is 0 Å². The zero-order chi connectivity index (χ0) is 45.5. The van der Waals surface area contributed by atoms with Gasteiger partial charge in [-0.3, -0.25) is 0 Å². The van der Waals surface area contributed by atoms with Crippen LogP contribution in [-0.4, -0.2) is 0 Å². The van der Waals surface area contributed by atoms with Crippen LogP contribution in [0.5, 0.6) is 0 Å². The van der Waals surface area contributed by atoms with Gasteiger partial charge in [-0.25, -0.2) is 0 Å². The maximum atomic E-state index is 2.56. The van der Waals surface area contributed by atoms with Crippen LogP contribution in [0.25, 0.3) is 61.2 Å². The lowest BCUT2D eigenvalue weighted by atomic mass is 9.70. The van der Waals surface area contributed by atoms with E-state index in [4.69, 9.17) is 0 Å². The Morgan fingerprint density at radius 1 is 0.338 bits per heavy atom. The van der Waals surface area contributed by atoms with Crippen LogP contribution in [0, 0.1) is 0 Å². The second kappa shape index (κ2) is 14.1. The molecule has 1 spiro atoms. The van der Waals surface area contributed by atoms with Crippen molar-refractivity contribution in [3.05, 3.63) is 262 Å². The van der Waals surface area contributed by atoms with Crippen molar-refractivity contribution in [1.29, 1.82) is 0 Å². The number of fused-ring (bicyclic) bond motifs is 16. The Morgan fingerprint density at radius 3 is 1.32 bits per heavy atom. The monoisotopic (exact) mass is 869 g/mol. The lowest BCUT2D eigenvalue weighted by molar-refractivity contribution is 0.660. The van der Waals surface area contributed by atoms with Crippen LogP contribution in [0.3, 0.4) is 0 Å². The number of hydrogen-bond acceptors (Lipinski definition) is 1. The van der Waals surface area contributed by atoms with Crippen molar-refractivity contribution in [2.75, 3.05) is 4.90 Å². The molecular formula is C67H51N. The van der Waals surface area contributed by atoms with E-state index in [0.29, 0.717) is 0 Å². The van der Waals surface area contributed by atoms with Gasteiger partial charge in [-0.15, -0.1) is 0 Å². The average Bonchev–Trinajstić information content (AvgIpc) is 4.02. The summed E-state index contributed by atoms with van der Waals surface area (Å²) in [5.74, 6) is 0. The van der Waals surface area contributed by atoms with E-state index in [1.807, 2.05) is 0 Å². The molecule has 324 valence electrons. The Balaban J connectivity index is 1.03. The highest BCUT2D eigenvalue weighted by molar-refractivity contribution is 6.01. The summed E-state index contributed by atoms with van der Waals surface area (Å²) in [5.41, 5.74) is 29.3. The molecular weight excluding hydrogens is 819 g/mol. The predicted octanol–water partition coefficient (Wildman–Crippen LogP) is 17.5. The molecule has 0 heterocycles. The van der Waals surface area contributed by atoms with Gasteiger partial charge in [0, 0.05) is 27.9 Å². The van der Waals surface area contributed by atoms with Gasteiger partial charge in [0.1, 0.15) is 0 Å². The molecule has 0 aliphatic heterocycles. The summed E-state index contributed by atoms with van der Waals surface area (Å²) in [6, 6.07) is 74.4. The minimum Gasteiger partial charge on any atom is -0.310 e. The van der Waals surface area contributed by atoms with Crippen molar-refractivity contribution < 1.29 is 0 Å². The molecule has 0 bridgehead atoms. The fourth-order valence-corrected chi connectivity index (χ4v) is 13.4. The summed E-state index contributed by atoms with van der Waals surface area (Å²) in [4.78, 5) is 2.56. The minimum absolute atomic E-state index is 0.148. The van der Waals surface area contributed by atoms with Gasteiger partial charge in [0.15, 0.2) is 0 Å². The van der Waals surface area contributed by atoms with Crippen molar-refractivity contribution in [1.82, 2.24) is 0 Å². The Morgan fingerprint density at radius 2 is 0.779 bits per heavy atom. The summed E-state index contributed by atoms with van der Waals surface area (Å²) in [7, 11) is 0. The van der Waals surface area contributed by atoms with Crippen LogP contribution in [0.15, 0.2) is 212 Å². The predicted molar refractivity (Wildman–Crippen MR) is 284 cm³/mol. The van der Waals surface area contributed by atoms with Crippen LogP contribution in [0.2, 0.25) is 0 Å². The van der Waals surface area contributed by atoms with Gasteiger partial charge in [0.25, 0.3) is 0 Å². The van der Waals surface area contributed by atoms with Gasteiger partial charge in [-0.05, 0) is 167 Å². The summed E-state index contributed by atoms with van der Waals surface area (Å²) >= 11 is 0. The maximum Gasteiger partial charge on any atom is 0.0725 e. The Hall–Kier alpha value is -7.74. The standard InChI is InChI=1S/C67H51N/c1-65(2)56-27-13-8-21-49(56)53-35-33-45(40-62(53)65)68(46-34-36-54-50-22-9-14-28-57(50)66(3,4)63(54)41-46)47-38-43(42-19-6-5-7-20-42)37-44(39-47)48-26-18-32-61-64(48)55-25-12-17-31-60(55)67(61)58-29-15-10-23-51(58)52-24-11-16-30-59(52)67/h6,8-41H,5,7H2,1-4H3. The molecule has 0 saturated heterocycles. The number of rotatable bonds is 5. The van der Waals surface area contributed by atoms with Crippen LogP contribution in [0.1, 0.15) is 90.6 Å². The van der Waals surface area contributed by atoms with Crippen LogP contribution < -0.4 is 4.90 Å². The average molecular weight is 870 g/mol. The van der Waals surface area contributed by atoms with E-state index in [2.05, 4.69) is 245 Å².